The van der Waals surface area contributed by atoms with Crippen LogP contribution in [0.25, 0.3) is 17.4 Å². The zero-order valence-corrected chi connectivity index (χ0v) is 15.3. The van der Waals surface area contributed by atoms with Gasteiger partial charge in [0.2, 0.25) is 0 Å². The van der Waals surface area contributed by atoms with Gasteiger partial charge in [0.15, 0.2) is 0 Å². The molecule has 3 rings (SSSR count). The lowest BCUT2D eigenvalue weighted by atomic mass is 10.2. The first-order valence-electron chi connectivity index (χ1n) is 6.77. The molecule has 1 N–H and O–H groups in total. The predicted octanol–water partition coefficient (Wildman–Crippen LogP) is 3.99. The van der Waals surface area contributed by atoms with Crippen molar-refractivity contribution in [3.05, 3.63) is 51.5 Å². The number of hydrogen-bond acceptors (Lipinski definition) is 5. The van der Waals surface area contributed by atoms with Crippen LogP contribution >= 0.6 is 39.9 Å². The highest BCUT2D eigenvalue weighted by Gasteiger charge is 2.33. The van der Waals surface area contributed by atoms with Crippen LogP contribution in [0.1, 0.15) is 5.76 Å². The third kappa shape index (κ3) is 3.61. The molecule has 0 radical (unpaired) electrons. The summed E-state index contributed by atoms with van der Waals surface area (Å²) in [6.07, 6.45) is 1.57. The van der Waals surface area contributed by atoms with Crippen LogP contribution in [-0.4, -0.2) is 32.7 Å². The number of furan rings is 1. The van der Waals surface area contributed by atoms with Crippen LogP contribution in [-0.2, 0) is 9.59 Å². The monoisotopic (exact) mass is 423 g/mol. The summed E-state index contributed by atoms with van der Waals surface area (Å²) in [7, 11) is 0. The van der Waals surface area contributed by atoms with Crippen molar-refractivity contribution in [2.75, 3.05) is 6.54 Å². The van der Waals surface area contributed by atoms with Gasteiger partial charge in [-0.2, -0.15) is 0 Å². The summed E-state index contributed by atoms with van der Waals surface area (Å²) in [4.78, 5) is 24.4. The zero-order chi connectivity index (χ0) is 17.3. The third-order valence-electron chi connectivity index (χ3n) is 3.20. The van der Waals surface area contributed by atoms with Crippen LogP contribution in [0.2, 0.25) is 0 Å². The van der Waals surface area contributed by atoms with Crippen molar-refractivity contribution >= 4 is 62.2 Å². The van der Waals surface area contributed by atoms with E-state index in [1.54, 1.807) is 12.1 Å². The van der Waals surface area contributed by atoms with Gasteiger partial charge in [0.05, 0.1) is 4.91 Å². The molecule has 0 unspecified atom stereocenters. The predicted molar refractivity (Wildman–Crippen MR) is 99.4 cm³/mol. The normalized spacial score (nSPS) is 16.2. The van der Waals surface area contributed by atoms with E-state index < -0.39 is 18.4 Å². The minimum atomic E-state index is -1.11. The number of amides is 1. The van der Waals surface area contributed by atoms with Gasteiger partial charge in [-0.3, -0.25) is 14.5 Å². The van der Waals surface area contributed by atoms with E-state index in [-0.39, 0.29) is 4.32 Å². The average Bonchev–Trinajstić information content (AvgIpc) is 3.09. The summed E-state index contributed by atoms with van der Waals surface area (Å²) < 4.78 is 6.94. The number of carbonyl (C=O) groups excluding carboxylic acids is 1. The summed E-state index contributed by atoms with van der Waals surface area (Å²) in [5.74, 6) is -0.351. The second-order valence-corrected chi connectivity index (χ2v) is 7.46. The maximum Gasteiger partial charge on any atom is 0.323 e. The van der Waals surface area contributed by atoms with Crippen LogP contribution in [0.3, 0.4) is 0 Å². The maximum absolute atomic E-state index is 12.2. The number of aliphatic carboxylic acids is 1. The van der Waals surface area contributed by atoms with Crippen LogP contribution in [0.15, 0.2) is 50.2 Å². The number of carboxylic acid groups (broad SMARTS) is 1. The molecule has 1 fully saturated rings. The number of benzene rings is 1. The van der Waals surface area contributed by atoms with Gasteiger partial charge < -0.3 is 9.52 Å². The Balaban J connectivity index is 1.82. The fourth-order valence-corrected chi connectivity index (χ4v) is 3.60. The second-order valence-electron chi connectivity index (χ2n) is 4.87. The van der Waals surface area contributed by atoms with Crippen molar-refractivity contribution in [2.45, 2.75) is 0 Å². The minimum Gasteiger partial charge on any atom is -0.480 e. The number of thiocarbonyl (C=S) groups is 1. The van der Waals surface area contributed by atoms with Crippen molar-refractivity contribution < 1.29 is 19.1 Å². The van der Waals surface area contributed by atoms with Gasteiger partial charge in [0, 0.05) is 16.1 Å². The summed E-state index contributed by atoms with van der Waals surface area (Å²) in [6.45, 7) is -0.440. The van der Waals surface area contributed by atoms with Gasteiger partial charge in [-0.15, -0.1) is 0 Å². The third-order valence-corrected chi connectivity index (χ3v) is 5.10. The Kier molecular flexibility index (Phi) is 4.88. The second kappa shape index (κ2) is 6.92. The average molecular weight is 424 g/mol. The van der Waals surface area contributed by atoms with Gasteiger partial charge >= 0.3 is 5.97 Å². The highest BCUT2D eigenvalue weighted by molar-refractivity contribution is 9.10. The number of carbonyl (C=O) groups is 2. The van der Waals surface area contributed by atoms with Crippen LogP contribution < -0.4 is 0 Å². The standard InChI is InChI=1S/C16H10BrNO4S2/c17-10-3-1-9(2-4-10)12-6-5-11(22-12)7-13-15(21)18(8-14(19)20)16(23)24-13/h1-7H,8H2,(H,19,20)/b13-7+. The number of hydrogen-bond donors (Lipinski definition) is 1. The molecule has 0 atom stereocenters. The lowest BCUT2D eigenvalue weighted by Gasteiger charge is -2.09. The molecular formula is C16H10BrNO4S2. The maximum atomic E-state index is 12.2. The summed E-state index contributed by atoms with van der Waals surface area (Å²) >= 11 is 9.49. The largest absolute Gasteiger partial charge is 0.480 e. The first-order chi connectivity index (χ1) is 11.4. The van der Waals surface area contributed by atoms with Crippen molar-refractivity contribution in [1.29, 1.82) is 0 Å². The number of rotatable bonds is 4. The molecule has 1 aromatic carbocycles. The molecule has 24 heavy (non-hydrogen) atoms. The molecule has 2 heterocycles. The summed E-state index contributed by atoms with van der Waals surface area (Å²) in [6, 6.07) is 11.2. The van der Waals surface area contributed by atoms with E-state index in [2.05, 4.69) is 15.9 Å². The molecule has 5 nitrogen and oxygen atoms in total. The smallest absolute Gasteiger partial charge is 0.323 e. The zero-order valence-electron chi connectivity index (χ0n) is 12.1. The molecule has 0 aliphatic carbocycles. The number of nitrogens with zero attached hydrogens (tertiary/aromatic N) is 1. The van der Waals surface area contributed by atoms with E-state index in [9.17, 15) is 9.59 Å². The summed E-state index contributed by atoms with van der Waals surface area (Å²) in [5.41, 5.74) is 0.913. The molecule has 1 aromatic heterocycles. The quantitative estimate of drug-likeness (QED) is 0.591. The van der Waals surface area contributed by atoms with Gasteiger partial charge in [0.25, 0.3) is 5.91 Å². The first kappa shape index (κ1) is 16.9. The Morgan fingerprint density at radius 3 is 2.67 bits per heavy atom. The van der Waals surface area contributed by atoms with Gasteiger partial charge in [0.1, 0.15) is 22.4 Å². The molecule has 0 spiro atoms. The molecule has 2 aromatic rings. The van der Waals surface area contributed by atoms with Crippen molar-refractivity contribution in [2.24, 2.45) is 0 Å². The Morgan fingerprint density at radius 1 is 1.29 bits per heavy atom. The molecule has 1 aliphatic rings. The van der Waals surface area contributed by atoms with Gasteiger partial charge in [-0.05, 0) is 24.3 Å². The van der Waals surface area contributed by atoms with Gasteiger partial charge in [-0.1, -0.05) is 52.0 Å². The molecule has 1 saturated heterocycles. The van der Waals surface area contributed by atoms with Crippen molar-refractivity contribution in [3.63, 3.8) is 0 Å². The SMILES string of the molecule is O=C(O)CN1C(=O)/C(=C\c2ccc(-c3ccc(Br)cc3)o2)SC1=S. The molecule has 0 saturated carbocycles. The van der Waals surface area contributed by atoms with Crippen molar-refractivity contribution in [1.82, 2.24) is 4.90 Å². The molecule has 1 amide bonds. The van der Waals surface area contributed by atoms with E-state index in [0.29, 0.717) is 16.4 Å². The fourth-order valence-electron chi connectivity index (χ4n) is 2.10. The number of halogens is 1. The molecular weight excluding hydrogens is 414 g/mol. The van der Waals surface area contributed by atoms with E-state index in [4.69, 9.17) is 21.7 Å². The topological polar surface area (TPSA) is 70.8 Å². The number of thioether (sulfide) groups is 1. The Morgan fingerprint density at radius 2 is 2.00 bits per heavy atom. The fraction of sp³-hybridized carbons (Fsp3) is 0.0625. The van der Waals surface area contributed by atoms with Crippen LogP contribution in [0, 0.1) is 0 Å². The highest BCUT2D eigenvalue weighted by Crippen LogP contribution is 2.33. The Labute approximate surface area is 155 Å². The number of carboxylic acids is 1. The van der Waals surface area contributed by atoms with E-state index >= 15 is 0 Å². The lowest BCUT2D eigenvalue weighted by molar-refractivity contribution is -0.140. The molecule has 122 valence electrons. The summed E-state index contributed by atoms with van der Waals surface area (Å²) in [5, 5.41) is 8.83. The van der Waals surface area contributed by atoms with Gasteiger partial charge in [-0.25, -0.2) is 0 Å². The Bertz CT molecular complexity index is 857. The molecule has 0 bridgehead atoms. The molecule has 8 heteroatoms. The first-order valence-corrected chi connectivity index (χ1v) is 8.79. The van der Waals surface area contributed by atoms with Crippen molar-refractivity contribution in [3.8, 4) is 11.3 Å². The minimum absolute atomic E-state index is 0.230. The van der Waals surface area contributed by atoms with E-state index in [1.165, 1.54) is 0 Å². The van der Waals surface area contributed by atoms with Crippen LogP contribution in [0.4, 0.5) is 0 Å². The Hall–Kier alpha value is -1.90. The molecule has 1 aliphatic heterocycles. The highest BCUT2D eigenvalue weighted by atomic mass is 79.9. The van der Waals surface area contributed by atoms with E-state index in [1.807, 2.05) is 30.3 Å². The van der Waals surface area contributed by atoms with Crippen LogP contribution in [0.5, 0.6) is 0 Å². The van der Waals surface area contributed by atoms with E-state index in [0.717, 1.165) is 26.7 Å². The lowest BCUT2D eigenvalue weighted by Crippen LogP contribution is -2.33.